The molecule has 2 atom stereocenters. The molecule has 2 unspecified atom stereocenters. The molecule has 8 nitrogen and oxygen atoms in total. The number of methoxy groups -OCH3 is 2. The standard InChI is InChI=1S/C20H25N3O5S/c1-27-17-8-9-18(28-2)19(12-17)29(25,26)23-16-7-3-6-15(11-16)22-20(24)14-5-4-10-21-13-14/h4-5,8-10,12-13,15-16,23H,3,6-7,11H2,1-2H3,(H,22,24). The fourth-order valence-electron chi connectivity index (χ4n) is 3.47. The first kappa shape index (κ1) is 21.1. The van der Waals surface area contributed by atoms with Crippen LogP contribution in [-0.4, -0.2) is 45.6 Å². The third-order valence-electron chi connectivity index (χ3n) is 4.92. The van der Waals surface area contributed by atoms with Crippen molar-refractivity contribution in [2.75, 3.05) is 14.2 Å². The average Bonchev–Trinajstić information content (AvgIpc) is 2.73. The van der Waals surface area contributed by atoms with Crippen LogP contribution >= 0.6 is 0 Å². The highest BCUT2D eigenvalue weighted by molar-refractivity contribution is 7.89. The van der Waals surface area contributed by atoms with Crippen molar-refractivity contribution in [2.45, 2.75) is 42.7 Å². The van der Waals surface area contributed by atoms with E-state index in [0.717, 1.165) is 12.8 Å². The predicted molar refractivity (Wildman–Crippen MR) is 108 cm³/mol. The zero-order chi connectivity index (χ0) is 20.9. The highest BCUT2D eigenvalue weighted by Crippen LogP contribution is 2.29. The summed E-state index contributed by atoms with van der Waals surface area (Å²) in [6.07, 6.45) is 5.93. The number of amides is 1. The molecule has 1 aliphatic rings. The number of carbonyl (C=O) groups excluding carboxylic acids is 1. The lowest BCUT2D eigenvalue weighted by Crippen LogP contribution is -2.45. The molecule has 1 aromatic carbocycles. The van der Waals surface area contributed by atoms with Crippen LogP contribution in [0.4, 0.5) is 0 Å². The molecular formula is C20H25N3O5S. The molecule has 0 saturated heterocycles. The van der Waals surface area contributed by atoms with E-state index in [1.54, 1.807) is 30.5 Å². The maximum Gasteiger partial charge on any atom is 0.253 e. The van der Waals surface area contributed by atoms with Crippen molar-refractivity contribution in [1.29, 1.82) is 0 Å². The van der Waals surface area contributed by atoms with Gasteiger partial charge in [-0.05, 0) is 49.9 Å². The van der Waals surface area contributed by atoms with Gasteiger partial charge in [0.2, 0.25) is 10.0 Å². The first-order valence-electron chi connectivity index (χ1n) is 9.38. The summed E-state index contributed by atoms with van der Waals surface area (Å²) < 4.78 is 39.0. The summed E-state index contributed by atoms with van der Waals surface area (Å²) in [5.41, 5.74) is 0.483. The largest absolute Gasteiger partial charge is 0.497 e. The van der Waals surface area contributed by atoms with Crippen molar-refractivity contribution < 1.29 is 22.7 Å². The molecule has 1 fully saturated rings. The third kappa shape index (κ3) is 5.24. The van der Waals surface area contributed by atoms with Gasteiger partial charge in [0.25, 0.3) is 5.91 Å². The first-order valence-corrected chi connectivity index (χ1v) is 10.9. The second kappa shape index (κ2) is 9.23. The first-order chi connectivity index (χ1) is 13.9. The van der Waals surface area contributed by atoms with Crippen LogP contribution in [0.5, 0.6) is 11.5 Å². The highest BCUT2D eigenvalue weighted by atomic mass is 32.2. The molecule has 0 spiro atoms. The number of aromatic nitrogens is 1. The number of sulfonamides is 1. The van der Waals surface area contributed by atoms with E-state index >= 15 is 0 Å². The Morgan fingerprint density at radius 2 is 1.93 bits per heavy atom. The Balaban J connectivity index is 1.69. The number of ether oxygens (including phenoxy) is 2. The van der Waals surface area contributed by atoms with E-state index in [9.17, 15) is 13.2 Å². The van der Waals surface area contributed by atoms with E-state index in [1.807, 2.05) is 0 Å². The minimum Gasteiger partial charge on any atom is -0.497 e. The quantitative estimate of drug-likeness (QED) is 0.712. The van der Waals surface area contributed by atoms with Gasteiger partial charge in [-0.2, -0.15) is 0 Å². The zero-order valence-electron chi connectivity index (χ0n) is 16.4. The highest BCUT2D eigenvalue weighted by Gasteiger charge is 2.29. The van der Waals surface area contributed by atoms with E-state index in [0.29, 0.717) is 24.2 Å². The second-order valence-electron chi connectivity index (χ2n) is 6.91. The SMILES string of the molecule is COc1ccc(OC)c(S(=O)(=O)NC2CCCC(NC(=O)c3cccnc3)C2)c1. The Bertz CT molecular complexity index is 950. The minimum atomic E-state index is -3.82. The molecule has 2 N–H and O–H groups in total. The van der Waals surface area contributed by atoms with Crippen LogP contribution in [0.15, 0.2) is 47.6 Å². The molecule has 156 valence electrons. The summed E-state index contributed by atoms with van der Waals surface area (Å²) in [6.45, 7) is 0. The molecule has 1 saturated carbocycles. The van der Waals surface area contributed by atoms with Crippen molar-refractivity contribution in [1.82, 2.24) is 15.0 Å². The lowest BCUT2D eigenvalue weighted by molar-refractivity contribution is 0.0924. The Labute approximate surface area is 170 Å². The van der Waals surface area contributed by atoms with Crippen LogP contribution in [0.2, 0.25) is 0 Å². The zero-order valence-corrected chi connectivity index (χ0v) is 17.2. The Kier molecular flexibility index (Phi) is 6.71. The fraction of sp³-hybridized carbons (Fsp3) is 0.400. The summed E-state index contributed by atoms with van der Waals surface area (Å²) >= 11 is 0. The summed E-state index contributed by atoms with van der Waals surface area (Å²) in [5, 5.41) is 2.97. The number of nitrogens with one attached hydrogen (secondary N) is 2. The number of carbonyl (C=O) groups is 1. The fourth-order valence-corrected chi connectivity index (χ4v) is 4.94. The third-order valence-corrected chi connectivity index (χ3v) is 6.46. The normalized spacial score (nSPS) is 19.4. The minimum absolute atomic E-state index is 0.0286. The molecule has 1 aromatic heterocycles. The molecule has 1 aliphatic carbocycles. The average molecular weight is 420 g/mol. The molecular weight excluding hydrogens is 394 g/mol. The predicted octanol–water partition coefficient (Wildman–Crippen LogP) is 2.12. The van der Waals surface area contributed by atoms with Crippen LogP contribution < -0.4 is 19.5 Å². The van der Waals surface area contributed by atoms with Crippen molar-refractivity contribution >= 4 is 15.9 Å². The van der Waals surface area contributed by atoms with Gasteiger partial charge in [0.15, 0.2) is 0 Å². The van der Waals surface area contributed by atoms with E-state index < -0.39 is 10.0 Å². The van der Waals surface area contributed by atoms with Crippen LogP contribution in [-0.2, 0) is 10.0 Å². The van der Waals surface area contributed by atoms with Crippen molar-refractivity contribution in [3.8, 4) is 11.5 Å². The van der Waals surface area contributed by atoms with Crippen molar-refractivity contribution in [2.24, 2.45) is 0 Å². The van der Waals surface area contributed by atoms with Gasteiger partial charge in [-0.15, -0.1) is 0 Å². The van der Waals surface area contributed by atoms with E-state index in [4.69, 9.17) is 9.47 Å². The monoisotopic (exact) mass is 419 g/mol. The van der Waals surface area contributed by atoms with Crippen molar-refractivity contribution in [3.63, 3.8) is 0 Å². The number of nitrogens with zero attached hydrogens (tertiary/aromatic N) is 1. The van der Waals surface area contributed by atoms with Crippen LogP contribution in [0, 0.1) is 0 Å². The van der Waals surface area contributed by atoms with E-state index in [-0.39, 0.29) is 28.6 Å². The topological polar surface area (TPSA) is 107 Å². The number of benzene rings is 1. The lowest BCUT2D eigenvalue weighted by atomic mass is 9.91. The second-order valence-corrected chi connectivity index (χ2v) is 8.60. The number of hydrogen-bond acceptors (Lipinski definition) is 6. The molecule has 1 amide bonds. The summed E-state index contributed by atoms with van der Waals surface area (Å²) in [7, 11) is -0.920. The van der Waals surface area contributed by atoms with E-state index in [1.165, 1.54) is 26.5 Å². The van der Waals surface area contributed by atoms with E-state index in [2.05, 4.69) is 15.0 Å². The van der Waals surface area contributed by atoms with Crippen molar-refractivity contribution in [3.05, 3.63) is 48.3 Å². The van der Waals surface area contributed by atoms with Gasteiger partial charge in [0.05, 0.1) is 19.8 Å². The molecule has 3 rings (SSSR count). The van der Waals surface area contributed by atoms with Gasteiger partial charge in [0, 0.05) is 30.5 Å². The summed E-state index contributed by atoms with van der Waals surface area (Å²) in [4.78, 5) is 16.3. The Morgan fingerprint density at radius 3 is 2.62 bits per heavy atom. The van der Waals surface area contributed by atoms with Crippen LogP contribution in [0.3, 0.4) is 0 Å². The molecule has 2 aromatic rings. The van der Waals surface area contributed by atoms with Gasteiger partial charge in [-0.25, -0.2) is 13.1 Å². The lowest BCUT2D eigenvalue weighted by Gasteiger charge is -2.30. The summed E-state index contributed by atoms with van der Waals surface area (Å²) in [6, 6.07) is 7.63. The maximum absolute atomic E-state index is 13.0. The van der Waals surface area contributed by atoms with Crippen LogP contribution in [0.25, 0.3) is 0 Å². The summed E-state index contributed by atoms with van der Waals surface area (Å²) in [5.74, 6) is 0.466. The smallest absolute Gasteiger partial charge is 0.253 e. The van der Waals surface area contributed by atoms with Gasteiger partial charge in [-0.3, -0.25) is 9.78 Å². The Hall–Kier alpha value is -2.65. The molecule has 0 aliphatic heterocycles. The molecule has 0 bridgehead atoms. The van der Waals surface area contributed by atoms with Crippen LogP contribution in [0.1, 0.15) is 36.0 Å². The van der Waals surface area contributed by atoms with Gasteiger partial charge >= 0.3 is 0 Å². The molecule has 29 heavy (non-hydrogen) atoms. The van der Waals surface area contributed by atoms with Gasteiger partial charge in [-0.1, -0.05) is 0 Å². The number of rotatable bonds is 7. The maximum atomic E-state index is 13.0. The Morgan fingerprint density at radius 1 is 1.14 bits per heavy atom. The molecule has 0 radical (unpaired) electrons. The molecule has 1 heterocycles. The van der Waals surface area contributed by atoms with Gasteiger partial charge < -0.3 is 14.8 Å². The number of pyridine rings is 1. The molecule has 9 heteroatoms. The number of hydrogen-bond donors (Lipinski definition) is 2. The van der Waals surface area contributed by atoms with Gasteiger partial charge in [0.1, 0.15) is 16.4 Å².